The smallest absolute Gasteiger partial charge is 0.387 e. The number of carbonyl (C=O) groups excluding carboxylic acids is 1. The highest BCUT2D eigenvalue weighted by atomic mass is 19.3. The van der Waals surface area contributed by atoms with Crippen LogP contribution < -0.4 is 15.4 Å². The number of halogens is 2. The summed E-state index contributed by atoms with van der Waals surface area (Å²) in [6.07, 6.45) is 2.85. The van der Waals surface area contributed by atoms with Gasteiger partial charge in [-0.05, 0) is 31.9 Å². The van der Waals surface area contributed by atoms with Crippen LogP contribution in [-0.2, 0) is 4.79 Å². The molecular formula is C13H17F2N3O2. The fourth-order valence-corrected chi connectivity index (χ4v) is 2.37. The van der Waals surface area contributed by atoms with Gasteiger partial charge in [0.05, 0.1) is 12.1 Å². The normalized spacial score (nSPS) is 22.9. The molecule has 2 N–H and O–H groups in total. The van der Waals surface area contributed by atoms with E-state index < -0.39 is 6.61 Å². The molecule has 1 aliphatic heterocycles. The van der Waals surface area contributed by atoms with E-state index in [1.165, 1.54) is 12.3 Å². The van der Waals surface area contributed by atoms with E-state index in [4.69, 9.17) is 5.73 Å². The Balaban J connectivity index is 2.10. The Morgan fingerprint density at radius 1 is 1.50 bits per heavy atom. The molecule has 0 bridgehead atoms. The number of hydrogen-bond donors (Lipinski definition) is 1. The second-order valence-electron chi connectivity index (χ2n) is 4.91. The summed E-state index contributed by atoms with van der Waals surface area (Å²) in [5.41, 5.74) is 5.34. The minimum atomic E-state index is -2.86. The monoisotopic (exact) mass is 285 g/mol. The maximum Gasteiger partial charge on any atom is 0.387 e. The molecule has 0 aromatic carbocycles. The van der Waals surface area contributed by atoms with Gasteiger partial charge in [-0.25, -0.2) is 4.98 Å². The van der Waals surface area contributed by atoms with Crippen molar-refractivity contribution in [2.24, 2.45) is 11.7 Å². The number of nitrogens with zero attached hydrogens (tertiary/aromatic N) is 2. The van der Waals surface area contributed by atoms with Crippen LogP contribution in [0, 0.1) is 5.92 Å². The number of nitrogens with two attached hydrogens (primary N) is 1. The van der Waals surface area contributed by atoms with Gasteiger partial charge in [-0.3, -0.25) is 4.79 Å². The van der Waals surface area contributed by atoms with Gasteiger partial charge in [-0.1, -0.05) is 0 Å². The van der Waals surface area contributed by atoms with Gasteiger partial charge in [0.2, 0.25) is 5.91 Å². The molecule has 2 heterocycles. The third-order valence-corrected chi connectivity index (χ3v) is 3.52. The molecule has 20 heavy (non-hydrogen) atoms. The molecule has 1 aromatic heterocycles. The van der Waals surface area contributed by atoms with Gasteiger partial charge in [0, 0.05) is 12.6 Å². The van der Waals surface area contributed by atoms with Gasteiger partial charge in [-0.15, -0.1) is 0 Å². The second-order valence-corrected chi connectivity index (χ2v) is 4.91. The Morgan fingerprint density at radius 2 is 2.25 bits per heavy atom. The third-order valence-electron chi connectivity index (χ3n) is 3.52. The van der Waals surface area contributed by atoms with Crippen molar-refractivity contribution in [2.75, 3.05) is 11.4 Å². The van der Waals surface area contributed by atoms with Crippen molar-refractivity contribution in [1.82, 2.24) is 4.98 Å². The maximum absolute atomic E-state index is 12.1. The van der Waals surface area contributed by atoms with Crippen LogP contribution in [-0.4, -0.2) is 30.1 Å². The minimum Gasteiger partial charge on any atom is -0.433 e. The SMILES string of the molecule is C[C@@H]1CC[C@@H](C(N)=O)CN1c1ccc(OC(F)F)cn1. The number of amides is 1. The molecule has 2 rings (SSSR count). The van der Waals surface area contributed by atoms with E-state index >= 15 is 0 Å². The van der Waals surface area contributed by atoms with Gasteiger partial charge in [0.15, 0.2) is 0 Å². The van der Waals surface area contributed by atoms with Gasteiger partial charge in [0.25, 0.3) is 0 Å². The zero-order chi connectivity index (χ0) is 14.7. The van der Waals surface area contributed by atoms with Gasteiger partial charge in [-0.2, -0.15) is 8.78 Å². The summed E-state index contributed by atoms with van der Waals surface area (Å²) in [5, 5.41) is 0. The summed E-state index contributed by atoms with van der Waals surface area (Å²) in [6, 6.07) is 3.27. The quantitative estimate of drug-likeness (QED) is 0.915. The van der Waals surface area contributed by atoms with E-state index in [1.54, 1.807) is 6.07 Å². The van der Waals surface area contributed by atoms with Gasteiger partial charge >= 0.3 is 6.61 Å². The fraction of sp³-hybridized carbons (Fsp3) is 0.538. The van der Waals surface area contributed by atoms with Crippen molar-refractivity contribution >= 4 is 11.7 Å². The number of ether oxygens (including phenoxy) is 1. The highest BCUT2D eigenvalue weighted by Gasteiger charge is 2.29. The molecule has 1 aromatic rings. The highest BCUT2D eigenvalue weighted by Crippen LogP contribution is 2.27. The first kappa shape index (κ1) is 14.5. The van der Waals surface area contributed by atoms with Crippen LogP contribution in [0.1, 0.15) is 19.8 Å². The van der Waals surface area contributed by atoms with Crippen LogP contribution in [0.2, 0.25) is 0 Å². The van der Waals surface area contributed by atoms with Crippen LogP contribution >= 0.6 is 0 Å². The number of aromatic nitrogens is 1. The second kappa shape index (κ2) is 6.02. The largest absolute Gasteiger partial charge is 0.433 e. The van der Waals surface area contributed by atoms with E-state index in [2.05, 4.69) is 9.72 Å². The molecule has 2 atom stereocenters. The van der Waals surface area contributed by atoms with Crippen LogP contribution in [0.3, 0.4) is 0 Å². The molecular weight excluding hydrogens is 268 g/mol. The van der Waals surface area contributed by atoms with E-state index in [0.29, 0.717) is 12.4 Å². The van der Waals surface area contributed by atoms with E-state index in [9.17, 15) is 13.6 Å². The Kier molecular flexibility index (Phi) is 4.36. The zero-order valence-electron chi connectivity index (χ0n) is 11.1. The van der Waals surface area contributed by atoms with Gasteiger partial charge < -0.3 is 15.4 Å². The summed E-state index contributed by atoms with van der Waals surface area (Å²) in [4.78, 5) is 17.4. The predicted molar refractivity (Wildman–Crippen MR) is 69.6 cm³/mol. The number of pyridine rings is 1. The van der Waals surface area contributed by atoms with Crippen LogP contribution in [0.15, 0.2) is 18.3 Å². The molecule has 7 heteroatoms. The molecule has 1 fully saturated rings. The lowest BCUT2D eigenvalue weighted by Crippen LogP contribution is -2.46. The topological polar surface area (TPSA) is 68.5 Å². The number of alkyl halides is 2. The summed E-state index contributed by atoms with van der Waals surface area (Å²) < 4.78 is 28.4. The van der Waals surface area contributed by atoms with E-state index in [-0.39, 0.29) is 23.6 Å². The number of carbonyl (C=O) groups is 1. The number of hydrogen-bond acceptors (Lipinski definition) is 4. The number of anilines is 1. The summed E-state index contributed by atoms with van der Waals surface area (Å²) in [7, 11) is 0. The van der Waals surface area contributed by atoms with Crippen molar-refractivity contribution in [3.63, 3.8) is 0 Å². The molecule has 0 radical (unpaired) electrons. The molecule has 0 unspecified atom stereocenters. The first-order chi connectivity index (χ1) is 9.47. The first-order valence-corrected chi connectivity index (χ1v) is 6.44. The van der Waals surface area contributed by atoms with Crippen molar-refractivity contribution in [3.8, 4) is 5.75 Å². The number of rotatable bonds is 4. The molecule has 0 saturated carbocycles. The molecule has 5 nitrogen and oxygen atoms in total. The molecule has 0 spiro atoms. The third kappa shape index (κ3) is 3.34. The molecule has 0 aliphatic carbocycles. The van der Waals surface area contributed by atoms with Crippen LogP contribution in [0.25, 0.3) is 0 Å². The number of piperidine rings is 1. The zero-order valence-corrected chi connectivity index (χ0v) is 11.1. The van der Waals surface area contributed by atoms with Crippen molar-refractivity contribution < 1.29 is 18.3 Å². The van der Waals surface area contributed by atoms with E-state index in [0.717, 1.165) is 12.8 Å². The lowest BCUT2D eigenvalue weighted by molar-refractivity contribution is -0.122. The fourth-order valence-electron chi connectivity index (χ4n) is 2.37. The average Bonchev–Trinajstić information content (AvgIpc) is 2.39. The van der Waals surface area contributed by atoms with Crippen LogP contribution in [0.4, 0.5) is 14.6 Å². The van der Waals surface area contributed by atoms with E-state index in [1.807, 2.05) is 11.8 Å². The van der Waals surface area contributed by atoms with Crippen molar-refractivity contribution in [3.05, 3.63) is 18.3 Å². The number of primary amides is 1. The Labute approximate surface area is 115 Å². The van der Waals surface area contributed by atoms with Crippen molar-refractivity contribution in [1.29, 1.82) is 0 Å². The Bertz CT molecular complexity index is 467. The summed E-state index contributed by atoms with van der Waals surface area (Å²) in [6.45, 7) is -0.336. The highest BCUT2D eigenvalue weighted by molar-refractivity contribution is 5.77. The minimum absolute atomic E-state index is 0.0138. The molecule has 110 valence electrons. The van der Waals surface area contributed by atoms with Gasteiger partial charge in [0.1, 0.15) is 11.6 Å². The molecule has 1 amide bonds. The summed E-state index contributed by atoms with van der Waals surface area (Å²) in [5.74, 6) is 0.120. The molecule has 1 saturated heterocycles. The average molecular weight is 285 g/mol. The van der Waals surface area contributed by atoms with Crippen LogP contribution in [0.5, 0.6) is 5.75 Å². The first-order valence-electron chi connectivity index (χ1n) is 6.44. The maximum atomic E-state index is 12.1. The summed E-state index contributed by atoms with van der Waals surface area (Å²) >= 11 is 0. The standard InChI is InChI=1S/C13H17F2N3O2/c1-8-2-3-9(12(16)19)7-18(8)11-5-4-10(6-17-11)20-13(14)15/h4-6,8-9,13H,2-3,7H2,1H3,(H2,16,19)/t8-,9-/m1/s1. The predicted octanol–water partition coefficient (Wildman–Crippen LogP) is 1.77. The van der Waals surface area contributed by atoms with Crippen molar-refractivity contribution in [2.45, 2.75) is 32.4 Å². The lowest BCUT2D eigenvalue weighted by Gasteiger charge is -2.37. The Hall–Kier alpha value is -1.92. The lowest BCUT2D eigenvalue weighted by atomic mass is 9.93. The molecule has 1 aliphatic rings. The Morgan fingerprint density at radius 3 is 2.80 bits per heavy atom.